The first-order valence-electron chi connectivity index (χ1n) is 7.94. The zero-order chi connectivity index (χ0) is 17.5. The molecule has 1 unspecified atom stereocenters. The van der Waals surface area contributed by atoms with Crippen molar-refractivity contribution in [1.82, 2.24) is 15.3 Å². The second kappa shape index (κ2) is 8.78. The van der Waals surface area contributed by atoms with E-state index in [4.69, 9.17) is 4.74 Å². The highest BCUT2D eigenvalue weighted by atomic mass is 79.9. The summed E-state index contributed by atoms with van der Waals surface area (Å²) in [6, 6.07) is 5.45. The third kappa shape index (κ3) is 5.92. The highest BCUT2D eigenvalue weighted by molar-refractivity contribution is 9.10. The van der Waals surface area contributed by atoms with E-state index in [1.54, 1.807) is 18.5 Å². The molecule has 2 heterocycles. The van der Waals surface area contributed by atoms with E-state index in [0.717, 1.165) is 16.5 Å². The Labute approximate surface area is 151 Å². The molecule has 0 saturated heterocycles. The fraction of sp³-hybridized carbons (Fsp3) is 0.389. The molecule has 0 bridgehead atoms. The monoisotopic (exact) mass is 391 g/mol. The standard InChI is InChI=1S/C18H22BrN3O2/c1-12(2)6-13(3)24-17-7-14(4-5-21-17)9-22-18(23)15-8-16(19)11-20-10-15/h4-5,7-8,10-13H,6,9H2,1-3H3,(H,22,23). The van der Waals surface area contributed by atoms with Crippen LogP contribution in [0.25, 0.3) is 0 Å². The number of carbonyl (C=O) groups excluding carboxylic acids is 1. The lowest BCUT2D eigenvalue weighted by Crippen LogP contribution is -2.23. The van der Waals surface area contributed by atoms with E-state index >= 15 is 0 Å². The Bertz CT molecular complexity index is 691. The highest BCUT2D eigenvalue weighted by Crippen LogP contribution is 2.15. The van der Waals surface area contributed by atoms with Gasteiger partial charge in [-0.3, -0.25) is 9.78 Å². The molecule has 0 aromatic carbocycles. The predicted octanol–water partition coefficient (Wildman–Crippen LogP) is 3.98. The van der Waals surface area contributed by atoms with Gasteiger partial charge in [-0.25, -0.2) is 4.98 Å². The molecule has 6 heteroatoms. The Morgan fingerprint density at radius 3 is 2.79 bits per heavy atom. The molecule has 1 amide bonds. The Morgan fingerprint density at radius 1 is 1.29 bits per heavy atom. The van der Waals surface area contributed by atoms with Crippen molar-refractivity contribution in [3.63, 3.8) is 0 Å². The van der Waals surface area contributed by atoms with Gasteiger partial charge in [0, 0.05) is 35.7 Å². The number of nitrogens with zero attached hydrogens (tertiary/aromatic N) is 2. The number of amides is 1. The SMILES string of the molecule is CC(C)CC(C)Oc1cc(CNC(=O)c2cncc(Br)c2)ccn1. The average molecular weight is 392 g/mol. The number of rotatable bonds is 7. The zero-order valence-electron chi connectivity index (χ0n) is 14.1. The van der Waals surface area contributed by atoms with Crippen molar-refractivity contribution in [3.05, 3.63) is 52.4 Å². The molecular formula is C18H22BrN3O2. The van der Waals surface area contributed by atoms with Crippen molar-refractivity contribution in [2.45, 2.75) is 39.8 Å². The van der Waals surface area contributed by atoms with Crippen LogP contribution >= 0.6 is 15.9 Å². The van der Waals surface area contributed by atoms with E-state index in [0.29, 0.717) is 23.9 Å². The molecule has 0 aliphatic heterocycles. The summed E-state index contributed by atoms with van der Waals surface area (Å²) >= 11 is 3.31. The number of aromatic nitrogens is 2. The van der Waals surface area contributed by atoms with Crippen molar-refractivity contribution >= 4 is 21.8 Å². The maximum atomic E-state index is 12.1. The van der Waals surface area contributed by atoms with Crippen molar-refractivity contribution in [3.8, 4) is 5.88 Å². The Balaban J connectivity index is 1.93. The van der Waals surface area contributed by atoms with Crippen LogP contribution in [-0.4, -0.2) is 22.0 Å². The molecule has 1 atom stereocenters. The zero-order valence-corrected chi connectivity index (χ0v) is 15.7. The van der Waals surface area contributed by atoms with Crippen LogP contribution < -0.4 is 10.1 Å². The third-order valence-electron chi connectivity index (χ3n) is 3.34. The molecule has 0 aliphatic carbocycles. The number of halogens is 1. The summed E-state index contributed by atoms with van der Waals surface area (Å²) in [6.07, 6.45) is 5.95. The Morgan fingerprint density at radius 2 is 2.08 bits per heavy atom. The first-order chi connectivity index (χ1) is 11.4. The van der Waals surface area contributed by atoms with Crippen molar-refractivity contribution in [1.29, 1.82) is 0 Å². The van der Waals surface area contributed by atoms with Crippen LogP contribution in [0.1, 0.15) is 43.1 Å². The Hall–Kier alpha value is -1.95. The number of nitrogens with one attached hydrogen (secondary N) is 1. The summed E-state index contributed by atoms with van der Waals surface area (Å²) in [4.78, 5) is 20.4. The van der Waals surface area contributed by atoms with Crippen LogP contribution in [0, 0.1) is 5.92 Å². The summed E-state index contributed by atoms with van der Waals surface area (Å²) < 4.78 is 6.61. The summed E-state index contributed by atoms with van der Waals surface area (Å²) in [7, 11) is 0. The van der Waals surface area contributed by atoms with Gasteiger partial charge in [0.25, 0.3) is 5.91 Å². The molecule has 0 fully saturated rings. The first-order valence-corrected chi connectivity index (χ1v) is 8.73. The minimum Gasteiger partial charge on any atom is -0.475 e. The molecule has 24 heavy (non-hydrogen) atoms. The molecule has 128 valence electrons. The molecule has 0 spiro atoms. The lowest BCUT2D eigenvalue weighted by molar-refractivity contribution is 0.0950. The minimum atomic E-state index is -0.170. The largest absolute Gasteiger partial charge is 0.475 e. The topological polar surface area (TPSA) is 64.1 Å². The van der Waals surface area contributed by atoms with Gasteiger partial charge in [-0.2, -0.15) is 0 Å². The van der Waals surface area contributed by atoms with Gasteiger partial charge in [-0.05, 0) is 52.9 Å². The normalized spacial score (nSPS) is 12.0. The summed E-state index contributed by atoms with van der Waals surface area (Å²) in [5, 5.41) is 2.87. The summed E-state index contributed by atoms with van der Waals surface area (Å²) in [5.41, 5.74) is 1.45. The molecule has 2 aromatic rings. The van der Waals surface area contributed by atoms with Gasteiger partial charge in [0.2, 0.25) is 5.88 Å². The fourth-order valence-electron chi connectivity index (χ4n) is 2.36. The van der Waals surface area contributed by atoms with Gasteiger partial charge in [0.1, 0.15) is 0 Å². The van der Waals surface area contributed by atoms with Crippen molar-refractivity contribution < 1.29 is 9.53 Å². The second-order valence-corrected chi connectivity index (χ2v) is 7.05. The fourth-order valence-corrected chi connectivity index (χ4v) is 2.73. The number of hydrogen-bond donors (Lipinski definition) is 1. The second-order valence-electron chi connectivity index (χ2n) is 6.13. The summed E-state index contributed by atoms with van der Waals surface area (Å²) in [5.74, 6) is 0.983. The molecule has 0 aliphatic rings. The lowest BCUT2D eigenvalue weighted by Gasteiger charge is -2.16. The first kappa shape index (κ1) is 18.4. The van der Waals surface area contributed by atoms with E-state index in [9.17, 15) is 4.79 Å². The third-order valence-corrected chi connectivity index (χ3v) is 3.78. The maximum Gasteiger partial charge on any atom is 0.253 e. The molecular weight excluding hydrogens is 370 g/mol. The van der Waals surface area contributed by atoms with Gasteiger partial charge in [0.05, 0.1) is 11.7 Å². The van der Waals surface area contributed by atoms with Crippen molar-refractivity contribution in [2.24, 2.45) is 5.92 Å². The van der Waals surface area contributed by atoms with E-state index in [1.807, 2.05) is 19.1 Å². The van der Waals surface area contributed by atoms with E-state index < -0.39 is 0 Å². The predicted molar refractivity (Wildman–Crippen MR) is 96.9 cm³/mol. The van der Waals surface area contributed by atoms with Gasteiger partial charge in [0.15, 0.2) is 0 Å². The molecule has 5 nitrogen and oxygen atoms in total. The van der Waals surface area contributed by atoms with Crippen LogP contribution in [0.15, 0.2) is 41.3 Å². The van der Waals surface area contributed by atoms with E-state index in [1.165, 1.54) is 6.20 Å². The van der Waals surface area contributed by atoms with Gasteiger partial charge >= 0.3 is 0 Å². The molecule has 0 saturated carbocycles. The van der Waals surface area contributed by atoms with Crippen LogP contribution in [0.3, 0.4) is 0 Å². The van der Waals surface area contributed by atoms with Crippen LogP contribution in [-0.2, 0) is 6.54 Å². The molecule has 2 rings (SSSR count). The molecule has 2 aromatic heterocycles. The Kier molecular flexibility index (Phi) is 6.73. The van der Waals surface area contributed by atoms with Gasteiger partial charge < -0.3 is 10.1 Å². The van der Waals surface area contributed by atoms with Crippen LogP contribution in [0.4, 0.5) is 0 Å². The smallest absolute Gasteiger partial charge is 0.253 e. The van der Waals surface area contributed by atoms with E-state index in [-0.39, 0.29) is 12.0 Å². The van der Waals surface area contributed by atoms with Gasteiger partial charge in [-0.15, -0.1) is 0 Å². The number of carbonyl (C=O) groups is 1. The maximum absolute atomic E-state index is 12.1. The molecule has 1 N–H and O–H groups in total. The number of pyridine rings is 2. The summed E-state index contributed by atoms with van der Waals surface area (Å²) in [6.45, 7) is 6.77. The number of ether oxygens (including phenoxy) is 1. The van der Waals surface area contributed by atoms with Crippen LogP contribution in [0.2, 0.25) is 0 Å². The molecule has 0 radical (unpaired) electrons. The lowest BCUT2D eigenvalue weighted by atomic mass is 10.1. The van der Waals surface area contributed by atoms with Crippen LogP contribution in [0.5, 0.6) is 5.88 Å². The van der Waals surface area contributed by atoms with E-state index in [2.05, 4.69) is 45.1 Å². The average Bonchev–Trinajstić information content (AvgIpc) is 2.52. The van der Waals surface area contributed by atoms with Gasteiger partial charge in [-0.1, -0.05) is 13.8 Å². The highest BCUT2D eigenvalue weighted by Gasteiger charge is 2.09. The minimum absolute atomic E-state index is 0.107. The number of hydrogen-bond acceptors (Lipinski definition) is 4. The quantitative estimate of drug-likeness (QED) is 0.774. The van der Waals surface area contributed by atoms with Crippen molar-refractivity contribution in [2.75, 3.05) is 0 Å².